The molecule has 108 valence electrons. The van der Waals surface area contributed by atoms with E-state index in [1.807, 2.05) is 0 Å². The Kier molecular flexibility index (Phi) is 4.89. The highest BCUT2D eigenvalue weighted by Crippen LogP contribution is 2.22. The highest BCUT2D eigenvalue weighted by atomic mass is 35.5. The summed E-state index contributed by atoms with van der Waals surface area (Å²) >= 11 is 5.62. The van der Waals surface area contributed by atoms with Crippen molar-refractivity contribution in [3.05, 3.63) is 17.9 Å². The van der Waals surface area contributed by atoms with Crippen LogP contribution in [0.4, 0.5) is 0 Å². The van der Waals surface area contributed by atoms with Gasteiger partial charge in [-0.2, -0.15) is 4.31 Å². The Bertz CT molecular complexity index is 508. The van der Waals surface area contributed by atoms with Crippen LogP contribution in [0.2, 0.25) is 0 Å². The number of rotatable bonds is 6. The molecule has 19 heavy (non-hydrogen) atoms. The molecule has 0 radical (unpaired) electrons. The predicted octanol–water partition coefficient (Wildman–Crippen LogP) is 2.21. The van der Waals surface area contributed by atoms with Gasteiger partial charge >= 0.3 is 0 Å². The summed E-state index contributed by atoms with van der Waals surface area (Å²) in [6.45, 7) is 3.27. The van der Waals surface area contributed by atoms with Gasteiger partial charge in [-0.25, -0.2) is 8.42 Å². The van der Waals surface area contributed by atoms with E-state index in [0.29, 0.717) is 25.5 Å². The van der Waals surface area contributed by atoms with Gasteiger partial charge in [0.2, 0.25) is 5.09 Å². The van der Waals surface area contributed by atoms with Crippen LogP contribution >= 0.6 is 11.6 Å². The van der Waals surface area contributed by atoms with Gasteiger partial charge in [0, 0.05) is 19.7 Å². The van der Waals surface area contributed by atoms with Gasteiger partial charge in [-0.1, -0.05) is 6.92 Å². The summed E-state index contributed by atoms with van der Waals surface area (Å²) in [4.78, 5) is 0. The first kappa shape index (κ1) is 14.8. The molecule has 0 aliphatic carbocycles. The fraction of sp³-hybridized carbons (Fsp3) is 0.667. The van der Waals surface area contributed by atoms with Crippen molar-refractivity contribution in [1.29, 1.82) is 0 Å². The topological polar surface area (TPSA) is 59.8 Å². The van der Waals surface area contributed by atoms with Gasteiger partial charge in [0.15, 0.2) is 0 Å². The quantitative estimate of drug-likeness (QED) is 0.756. The zero-order valence-electron chi connectivity index (χ0n) is 10.8. The lowest BCUT2D eigenvalue weighted by Crippen LogP contribution is -2.37. The van der Waals surface area contributed by atoms with E-state index in [4.69, 9.17) is 20.8 Å². The van der Waals surface area contributed by atoms with E-state index >= 15 is 0 Å². The standard InChI is InChI=1S/C12H18ClNO4S/c1-2-14(9-11-4-3-7-17-11)19(15,16)12-6-5-10(8-13)18-12/h5-6,11H,2-4,7-9H2,1H3. The van der Waals surface area contributed by atoms with Crippen LogP contribution in [0.5, 0.6) is 0 Å². The molecule has 0 spiro atoms. The van der Waals surface area contributed by atoms with Crippen molar-refractivity contribution in [2.45, 2.75) is 36.8 Å². The molecule has 1 aromatic heterocycles. The third kappa shape index (κ3) is 3.31. The first-order chi connectivity index (χ1) is 9.07. The van der Waals surface area contributed by atoms with Crippen molar-refractivity contribution in [1.82, 2.24) is 4.31 Å². The van der Waals surface area contributed by atoms with Crippen LogP contribution in [0.1, 0.15) is 25.5 Å². The molecule has 1 aromatic rings. The first-order valence-electron chi connectivity index (χ1n) is 6.34. The van der Waals surface area contributed by atoms with Gasteiger partial charge < -0.3 is 9.15 Å². The summed E-state index contributed by atoms with van der Waals surface area (Å²) in [5, 5.41) is -0.0528. The van der Waals surface area contributed by atoms with Gasteiger partial charge in [-0.05, 0) is 25.0 Å². The average Bonchev–Trinajstić information content (AvgIpc) is 3.06. The van der Waals surface area contributed by atoms with E-state index in [-0.39, 0.29) is 17.1 Å². The maximum atomic E-state index is 12.4. The van der Waals surface area contributed by atoms with E-state index < -0.39 is 10.0 Å². The molecule has 1 atom stereocenters. The SMILES string of the molecule is CCN(CC1CCCO1)S(=O)(=O)c1ccc(CCl)o1. The minimum atomic E-state index is -3.60. The van der Waals surface area contributed by atoms with Crippen molar-refractivity contribution in [3.63, 3.8) is 0 Å². The van der Waals surface area contributed by atoms with Gasteiger partial charge in [-0.3, -0.25) is 0 Å². The normalized spacial score (nSPS) is 20.3. The average molecular weight is 308 g/mol. The molecular formula is C12H18ClNO4S. The van der Waals surface area contributed by atoms with E-state index in [9.17, 15) is 8.42 Å². The molecular weight excluding hydrogens is 290 g/mol. The highest BCUT2D eigenvalue weighted by Gasteiger charge is 2.30. The van der Waals surface area contributed by atoms with E-state index in [2.05, 4.69) is 0 Å². The molecule has 1 fully saturated rings. The number of alkyl halides is 1. The van der Waals surface area contributed by atoms with Crippen molar-refractivity contribution in [3.8, 4) is 0 Å². The van der Waals surface area contributed by atoms with Gasteiger partial charge in [0.25, 0.3) is 10.0 Å². The molecule has 0 N–H and O–H groups in total. The number of furan rings is 1. The zero-order chi connectivity index (χ0) is 13.9. The molecule has 0 bridgehead atoms. The highest BCUT2D eigenvalue weighted by molar-refractivity contribution is 7.89. The third-order valence-corrected chi connectivity index (χ3v) is 5.23. The summed E-state index contributed by atoms with van der Waals surface area (Å²) in [6.07, 6.45) is 1.87. The Morgan fingerprint density at radius 3 is 2.79 bits per heavy atom. The molecule has 7 heteroatoms. The molecule has 1 aliphatic heterocycles. The van der Waals surface area contributed by atoms with Crippen LogP contribution in [-0.4, -0.2) is 38.5 Å². The summed E-state index contributed by atoms with van der Waals surface area (Å²) in [7, 11) is -3.60. The summed E-state index contributed by atoms with van der Waals surface area (Å²) in [6, 6.07) is 3.03. The van der Waals surface area contributed by atoms with Crippen LogP contribution < -0.4 is 0 Å². The predicted molar refractivity (Wildman–Crippen MR) is 71.7 cm³/mol. The van der Waals surface area contributed by atoms with E-state index in [0.717, 1.165) is 12.8 Å². The number of ether oxygens (including phenoxy) is 1. The molecule has 5 nitrogen and oxygen atoms in total. The number of nitrogens with zero attached hydrogens (tertiary/aromatic N) is 1. The van der Waals surface area contributed by atoms with Crippen molar-refractivity contribution < 1.29 is 17.6 Å². The molecule has 1 unspecified atom stereocenters. The number of sulfonamides is 1. The van der Waals surface area contributed by atoms with Gasteiger partial charge in [0.05, 0.1) is 12.0 Å². The molecule has 0 amide bonds. The Balaban J connectivity index is 2.15. The monoisotopic (exact) mass is 307 g/mol. The maximum Gasteiger partial charge on any atom is 0.276 e. The van der Waals surface area contributed by atoms with Crippen LogP contribution in [0, 0.1) is 0 Å². The summed E-state index contributed by atoms with van der Waals surface area (Å²) in [5.74, 6) is 0.612. The number of halogens is 1. The largest absolute Gasteiger partial charge is 0.447 e. The van der Waals surface area contributed by atoms with Gasteiger partial charge in [0.1, 0.15) is 5.76 Å². The third-order valence-electron chi connectivity index (χ3n) is 3.15. The molecule has 2 rings (SSSR count). The van der Waals surface area contributed by atoms with Crippen molar-refractivity contribution >= 4 is 21.6 Å². The molecule has 1 saturated heterocycles. The van der Waals surface area contributed by atoms with Crippen LogP contribution in [0.15, 0.2) is 21.6 Å². The maximum absolute atomic E-state index is 12.4. The Hall–Kier alpha value is -0.560. The lowest BCUT2D eigenvalue weighted by atomic mass is 10.2. The minimum Gasteiger partial charge on any atom is -0.447 e. The minimum absolute atomic E-state index is 0.0165. The number of hydrogen-bond acceptors (Lipinski definition) is 4. The van der Waals surface area contributed by atoms with Crippen molar-refractivity contribution in [2.75, 3.05) is 19.7 Å². The van der Waals surface area contributed by atoms with E-state index in [1.165, 1.54) is 10.4 Å². The van der Waals surface area contributed by atoms with Crippen LogP contribution in [-0.2, 0) is 20.6 Å². The van der Waals surface area contributed by atoms with Crippen LogP contribution in [0.25, 0.3) is 0 Å². The molecule has 0 saturated carbocycles. The second-order valence-corrected chi connectivity index (χ2v) is 6.58. The first-order valence-corrected chi connectivity index (χ1v) is 8.31. The lowest BCUT2D eigenvalue weighted by Gasteiger charge is -2.22. The smallest absolute Gasteiger partial charge is 0.276 e. The van der Waals surface area contributed by atoms with Crippen LogP contribution in [0.3, 0.4) is 0 Å². The fourth-order valence-electron chi connectivity index (χ4n) is 2.11. The number of likely N-dealkylation sites (N-methyl/N-ethyl adjacent to an activating group) is 1. The second kappa shape index (κ2) is 6.26. The Morgan fingerprint density at radius 1 is 1.47 bits per heavy atom. The fourth-order valence-corrected chi connectivity index (χ4v) is 3.66. The van der Waals surface area contributed by atoms with E-state index in [1.54, 1.807) is 13.0 Å². The molecule has 0 aromatic carbocycles. The Labute approximate surface area is 118 Å². The summed E-state index contributed by atoms with van der Waals surface area (Å²) in [5.41, 5.74) is 0. The molecule has 2 heterocycles. The number of hydrogen-bond donors (Lipinski definition) is 0. The van der Waals surface area contributed by atoms with Crippen molar-refractivity contribution in [2.24, 2.45) is 0 Å². The lowest BCUT2D eigenvalue weighted by molar-refractivity contribution is 0.0943. The zero-order valence-corrected chi connectivity index (χ0v) is 12.4. The summed E-state index contributed by atoms with van der Waals surface area (Å²) < 4.78 is 36.9. The Morgan fingerprint density at radius 2 is 2.26 bits per heavy atom. The second-order valence-electron chi connectivity index (χ2n) is 4.45. The molecule has 1 aliphatic rings. The van der Waals surface area contributed by atoms with Gasteiger partial charge in [-0.15, -0.1) is 11.6 Å².